The van der Waals surface area contributed by atoms with Crippen LogP contribution < -0.4 is 5.32 Å². The molecule has 0 saturated carbocycles. The molecular weight excluding hydrogens is 460 g/mol. The van der Waals surface area contributed by atoms with E-state index in [9.17, 15) is 4.79 Å². The smallest absolute Gasteiger partial charge is 0.254 e. The Bertz CT molecular complexity index is 1270. The zero-order valence-electron chi connectivity index (χ0n) is 22.9. The minimum Gasteiger partial charge on any atom is -0.373 e. The number of hydrogen-bond donors (Lipinski definition) is 1. The zero-order valence-corrected chi connectivity index (χ0v) is 22.9. The molecule has 0 aromatic carbocycles. The number of anilines is 1. The number of aromatic nitrogens is 3. The number of carbonyl (C=O) groups excluding carboxylic acids is 1. The predicted octanol–water partition coefficient (Wildman–Crippen LogP) is 5.18. The van der Waals surface area contributed by atoms with Crippen molar-refractivity contribution in [3.63, 3.8) is 0 Å². The van der Waals surface area contributed by atoms with Crippen LogP contribution in [0.1, 0.15) is 58.6 Å². The molecule has 194 valence electrons. The van der Waals surface area contributed by atoms with Crippen LogP contribution in [-0.2, 0) is 0 Å². The number of piperidine rings is 1. The maximum atomic E-state index is 12.3. The fraction of sp³-hybridized carbons (Fsp3) is 0.400. The van der Waals surface area contributed by atoms with Crippen LogP contribution in [0.25, 0.3) is 17.2 Å². The molecule has 1 aliphatic heterocycles. The largest absolute Gasteiger partial charge is 0.373 e. The number of aryl methyl sites for hydroxylation is 2. The summed E-state index contributed by atoms with van der Waals surface area (Å²) in [7, 11) is 5.42. The lowest BCUT2D eigenvalue weighted by molar-refractivity contribution is 0.0827. The summed E-state index contributed by atoms with van der Waals surface area (Å²) in [4.78, 5) is 30.2. The summed E-state index contributed by atoms with van der Waals surface area (Å²) in [5, 5.41) is 3.08. The summed E-state index contributed by atoms with van der Waals surface area (Å²) >= 11 is 0. The van der Waals surface area contributed by atoms with Crippen LogP contribution in [-0.4, -0.2) is 71.4 Å². The SMILES string of the molecule is CNc1ccc(-c2ccnc(C)c2/C=C(\C)CN2CCC(c3ncc(C(=O)N(C)C)cc3C)CC2)cn1. The number of pyridine rings is 3. The van der Waals surface area contributed by atoms with Crippen LogP contribution in [0, 0.1) is 13.8 Å². The molecule has 1 fully saturated rings. The van der Waals surface area contributed by atoms with E-state index in [-0.39, 0.29) is 5.91 Å². The molecule has 3 aromatic rings. The van der Waals surface area contributed by atoms with Gasteiger partial charge in [0.25, 0.3) is 5.91 Å². The fourth-order valence-electron chi connectivity index (χ4n) is 5.11. The minimum absolute atomic E-state index is 0.00233. The van der Waals surface area contributed by atoms with Crippen LogP contribution >= 0.6 is 0 Å². The highest BCUT2D eigenvalue weighted by atomic mass is 16.2. The van der Waals surface area contributed by atoms with Gasteiger partial charge in [-0.25, -0.2) is 4.98 Å². The van der Waals surface area contributed by atoms with Crippen molar-refractivity contribution in [2.75, 3.05) is 46.1 Å². The van der Waals surface area contributed by atoms with Gasteiger partial charge in [0, 0.05) is 74.7 Å². The lowest BCUT2D eigenvalue weighted by Crippen LogP contribution is -2.34. The Hall–Kier alpha value is -3.58. The predicted molar refractivity (Wildman–Crippen MR) is 151 cm³/mol. The average Bonchev–Trinajstić information content (AvgIpc) is 2.90. The second-order valence-electron chi connectivity index (χ2n) is 10.2. The van der Waals surface area contributed by atoms with Gasteiger partial charge < -0.3 is 10.2 Å². The van der Waals surface area contributed by atoms with E-state index in [1.165, 1.54) is 5.57 Å². The van der Waals surface area contributed by atoms with Crippen molar-refractivity contribution in [3.8, 4) is 11.1 Å². The average molecular weight is 499 g/mol. The zero-order chi connectivity index (χ0) is 26.5. The van der Waals surface area contributed by atoms with Gasteiger partial charge in [0.05, 0.1) is 5.56 Å². The molecule has 4 rings (SSSR count). The summed E-state index contributed by atoms with van der Waals surface area (Å²) < 4.78 is 0. The van der Waals surface area contributed by atoms with E-state index in [1.54, 1.807) is 25.2 Å². The van der Waals surface area contributed by atoms with Gasteiger partial charge in [0.2, 0.25) is 0 Å². The molecule has 0 bridgehead atoms. The van der Waals surface area contributed by atoms with Gasteiger partial charge in [-0.05, 0) is 82.1 Å². The molecule has 1 amide bonds. The van der Waals surface area contributed by atoms with Gasteiger partial charge in [-0.2, -0.15) is 0 Å². The summed E-state index contributed by atoms with van der Waals surface area (Å²) in [6, 6.07) is 8.16. The number of amides is 1. The molecular formula is C30H38N6O. The first kappa shape index (κ1) is 26.5. The fourth-order valence-corrected chi connectivity index (χ4v) is 5.11. The van der Waals surface area contributed by atoms with Crippen molar-refractivity contribution in [1.82, 2.24) is 24.8 Å². The molecule has 7 heteroatoms. The number of rotatable bonds is 7. The van der Waals surface area contributed by atoms with Crippen molar-refractivity contribution in [2.24, 2.45) is 0 Å². The maximum absolute atomic E-state index is 12.3. The van der Waals surface area contributed by atoms with Gasteiger partial charge in [-0.3, -0.25) is 19.7 Å². The number of hydrogen-bond acceptors (Lipinski definition) is 6. The highest BCUT2D eigenvalue weighted by Gasteiger charge is 2.24. The van der Waals surface area contributed by atoms with Crippen LogP contribution in [0.5, 0.6) is 0 Å². The van der Waals surface area contributed by atoms with Gasteiger partial charge in [-0.1, -0.05) is 11.6 Å². The summed E-state index contributed by atoms with van der Waals surface area (Å²) in [6.45, 7) is 9.34. The van der Waals surface area contributed by atoms with Crippen LogP contribution in [0.3, 0.4) is 0 Å². The van der Waals surface area contributed by atoms with E-state index in [1.807, 2.05) is 31.6 Å². The molecule has 0 aliphatic carbocycles. The second kappa shape index (κ2) is 11.6. The van der Waals surface area contributed by atoms with Crippen molar-refractivity contribution < 1.29 is 4.79 Å². The second-order valence-corrected chi connectivity index (χ2v) is 10.2. The first-order valence-corrected chi connectivity index (χ1v) is 12.9. The van der Waals surface area contributed by atoms with Gasteiger partial charge in [0.15, 0.2) is 0 Å². The highest BCUT2D eigenvalue weighted by molar-refractivity contribution is 5.93. The molecule has 37 heavy (non-hydrogen) atoms. The Morgan fingerprint density at radius 2 is 1.86 bits per heavy atom. The Labute approximate surface area is 220 Å². The van der Waals surface area contributed by atoms with E-state index in [2.05, 4.69) is 59.2 Å². The monoisotopic (exact) mass is 498 g/mol. The summed E-state index contributed by atoms with van der Waals surface area (Å²) in [6.07, 6.45) is 9.94. The molecule has 3 aromatic heterocycles. The lowest BCUT2D eigenvalue weighted by Gasteiger charge is -2.32. The number of nitrogens with zero attached hydrogens (tertiary/aromatic N) is 5. The normalized spacial score (nSPS) is 15.0. The standard InChI is InChI=1S/C30H38N6O/c1-20(15-27-22(3)32-12-9-26(27)24-7-8-28(31-4)33-17-24)19-36-13-10-23(11-14-36)29-21(2)16-25(18-34-29)30(37)35(5)6/h7-9,12,15-18,23H,10-11,13-14,19H2,1-6H3,(H,31,33)/b20-15+. The minimum atomic E-state index is -0.00233. The van der Waals surface area contributed by atoms with Gasteiger partial charge >= 0.3 is 0 Å². The maximum Gasteiger partial charge on any atom is 0.254 e. The molecule has 1 aliphatic rings. The van der Waals surface area contributed by atoms with Crippen molar-refractivity contribution in [1.29, 1.82) is 0 Å². The lowest BCUT2D eigenvalue weighted by atomic mass is 9.90. The quantitative estimate of drug-likeness (QED) is 0.484. The van der Waals surface area contributed by atoms with Crippen molar-refractivity contribution in [2.45, 2.75) is 39.5 Å². The first-order chi connectivity index (χ1) is 17.8. The third kappa shape index (κ3) is 6.23. The van der Waals surface area contributed by atoms with Gasteiger partial charge in [0.1, 0.15) is 5.82 Å². The third-order valence-corrected chi connectivity index (χ3v) is 7.13. The molecule has 0 radical (unpaired) electrons. The number of nitrogens with one attached hydrogen (secondary N) is 1. The molecule has 7 nitrogen and oxygen atoms in total. The van der Waals surface area contributed by atoms with E-state index in [0.29, 0.717) is 11.5 Å². The topological polar surface area (TPSA) is 74.2 Å². The molecule has 0 spiro atoms. The van der Waals surface area contributed by atoms with Gasteiger partial charge in [-0.15, -0.1) is 0 Å². The van der Waals surface area contributed by atoms with E-state index in [0.717, 1.165) is 71.9 Å². The van der Waals surface area contributed by atoms with E-state index < -0.39 is 0 Å². The van der Waals surface area contributed by atoms with Crippen LogP contribution in [0.2, 0.25) is 0 Å². The first-order valence-electron chi connectivity index (χ1n) is 12.9. The molecule has 1 N–H and O–H groups in total. The van der Waals surface area contributed by atoms with Crippen LogP contribution in [0.15, 0.2) is 48.4 Å². The van der Waals surface area contributed by atoms with Crippen molar-refractivity contribution in [3.05, 3.63) is 76.5 Å². The number of likely N-dealkylation sites (tertiary alicyclic amines) is 1. The molecule has 4 heterocycles. The Balaban J connectivity index is 1.42. The van der Waals surface area contributed by atoms with E-state index >= 15 is 0 Å². The van der Waals surface area contributed by atoms with Crippen molar-refractivity contribution >= 4 is 17.8 Å². The molecule has 0 unspecified atom stereocenters. The Morgan fingerprint density at radius 3 is 2.49 bits per heavy atom. The van der Waals surface area contributed by atoms with E-state index in [4.69, 9.17) is 4.98 Å². The third-order valence-electron chi connectivity index (χ3n) is 7.13. The summed E-state index contributed by atoms with van der Waals surface area (Å²) in [5.74, 6) is 1.29. The summed E-state index contributed by atoms with van der Waals surface area (Å²) in [5.41, 5.74) is 8.63. The number of carbonyl (C=O) groups is 1. The van der Waals surface area contributed by atoms with Crippen LogP contribution in [0.4, 0.5) is 5.82 Å². The Morgan fingerprint density at radius 1 is 1.11 bits per heavy atom. The Kier molecular flexibility index (Phi) is 8.34. The molecule has 1 saturated heterocycles. The highest BCUT2D eigenvalue weighted by Crippen LogP contribution is 2.31. The molecule has 0 atom stereocenters.